The Morgan fingerprint density at radius 1 is 0.571 bits per heavy atom. The third kappa shape index (κ3) is 8.61. The second kappa shape index (κ2) is 15.2. The van der Waals surface area contributed by atoms with Crippen molar-refractivity contribution in [3.8, 4) is 0 Å². The van der Waals surface area contributed by atoms with Crippen molar-refractivity contribution >= 4 is 28.4 Å². The molecule has 0 aliphatic rings. The quantitative estimate of drug-likeness (QED) is 0.290. The van der Waals surface area contributed by atoms with Gasteiger partial charge in [-0.2, -0.15) is 0 Å². The summed E-state index contributed by atoms with van der Waals surface area (Å²) >= 11 is 0. The number of hydrogen-bond donors (Lipinski definition) is 0. The molecule has 0 rings (SSSR count). The molecule has 0 aromatic carbocycles. The van der Waals surface area contributed by atoms with Crippen LogP contribution in [0.4, 0.5) is 0 Å². The molecule has 0 fully saturated rings. The van der Waals surface area contributed by atoms with E-state index < -0.39 is 28.4 Å². The summed E-state index contributed by atoms with van der Waals surface area (Å²) in [5.74, 6) is 0.900. The van der Waals surface area contributed by atoms with Crippen LogP contribution in [0, 0.1) is 0 Å². The summed E-state index contributed by atoms with van der Waals surface area (Å²) in [6, 6.07) is 0. The molecule has 0 aliphatic carbocycles. The van der Waals surface area contributed by atoms with Crippen LogP contribution in [-0.4, -0.2) is 73.0 Å². The Labute approximate surface area is 177 Å². The fraction of sp³-hybridized carbons (Fsp3) is 1.00. The van der Waals surface area contributed by atoms with Gasteiger partial charge < -0.3 is 26.6 Å². The van der Waals surface area contributed by atoms with Gasteiger partial charge in [0.15, 0.2) is 0 Å². The van der Waals surface area contributed by atoms with Crippen LogP contribution in [0.15, 0.2) is 0 Å². The topological polar surface area (TPSA) is 72.5 Å². The van der Waals surface area contributed by atoms with Gasteiger partial charge in [0.25, 0.3) is 0 Å². The first-order valence-electron chi connectivity index (χ1n) is 10.5. The van der Waals surface area contributed by atoms with Gasteiger partial charge in [-0.15, -0.1) is 0 Å². The van der Waals surface area contributed by atoms with Crippen molar-refractivity contribution in [2.24, 2.45) is 0 Å². The summed E-state index contributed by atoms with van der Waals surface area (Å²) in [5.41, 5.74) is -0.134. The largest absolute Gasteiger partial charge is 0.504 e. The molecule has 2 unspecified atom stereocenters. The first kappa shape index (κ1) is 28.3. The molecule has 0 radical (unpaired) electrons. The number of hydrogen-bond acceptors (Lipinski definition) is 7. The predicted molar refractivity (Wildman–Crippen MR) is 118 cm³/mol. The van der Waals surface area contributed by atoms with Gasteiger partial charge in [-0.25, -0.2) is 0 Å². The van der Waals surface area contributed by atoms with E-state index in [0.29, 0.717) is 51.1 Å². The minimum Gasteiger partial charge on any atom is -0.374 e. The van der Waals surface area contributed by atoms with E-state index in [1.165, 1.54) is 0 Å². The first-order valence-corrected chi connectivity index (χ1v) is 15.6. The van der Waals surface area contributed by atoms with Gasteiger partial charge >= 0.3 is 17.6 Å². The van der Waals surface area contributed by atoms with Gasteiger partial charge in [0.1, 0.15) is 0 Å². The van der Waals surface area contributed by atoms with Gasteiger partial charge in [-0.05, 0) is 41.5 Å². The molecule has 28 heavy (non-hydrogen) atoms. The molecule has 2 atom stereocenters. The fourth-order valence-corrected chi connectivity index (χ4v) is 11.8. The lowest BCUT2D eigenvalue weighted by atomic mass is 10.5. The van der Waals surface area contributed by atoms with E-state index in [4.69, 9.17) is 26.6 Å². The van der Waals surface area contributed by atoms with Crippen molar-refractivity contribution in [3.63, 3.8) is 0 Å². The first-order chi connectivity index (χ1) is 13.3. The molecule has 170 valence electrons. The molecule has 7 nitrogen and oxygen atoms in total. The minimum absolute atomic E-state index is 0.0669. The van der Waals surface area contributed by atoms with Crippen molar-refractivity contribution in [1.82, 2.24) is 0 Å². The maximum atomic E-state index is 13.0. The Morgan fingerprint density at radius 3 is 0.964 bits per heavy atom. The zero-order valence-corrected chi connectivity index (χ0v) is 21.9. The summed E-state index contributed by atoms with van der Waals surface area (Å²) in [4.78, 5) is 0. The van der Waals surface area contributed by atoms with E-state index in [1.807, 2.05) is 55.4 Å². The van der Waals surface area contributed by atoms with Crippen LogP contribution in [0.3, 0.4) is 0 Å². The minimum atomic E-state index is -2.88. The summed E-state index contributed by atoms with van der Waals surface area (Å²) < 4.78 is 48.7. The van der Waals surface area contributed by atoms with Crippen molar-refractivity contribution in [2.45, 2.75) is 66.5 Å². The summed E-state index contributed by atoms with van der Waals surface area (Å²) in [5, 5.41) is 0. The third-order valence-electron chi connectivity index (χ3n) is 4.15. The fourth-order valence-electron chi connectivity index (χ4n) is 3.14. The smallest absolute Gasteiger partial charge is 0.374 e. The highest BCUT2D eigenvalue weighted by molar-refractivity contribution is 7.85. The maximum absolute atomic E-state index is 13.0. The van der Waals surface area contributed by atoms with E-state index in [9.17, 15) is 4.21 Å². The van der Waals surface area contributed by atoms with Gasteiger partial charge in [0, 0.05) is 73.0 Å². The molecular weight excluding hydrogens is 416 g/mol. The lowest BCUT2D eigenvalue weighted by Gasteiger charge is -2.35. The molecule has 0 aromatic heterocycles. The van der Waals surface area contributed by atoms with E-state index in [1.54, 1.807) is 0 Å². The highest BCUT2D eigenvalue weighted by atomic mass is 32.2. The molecule has 0 saturated carbocycles. The second-order valence-electron chi connectivity index (χ2n) is 6.38. The summed E-state index contributed by atoms with van der Waals surface area (Å²) in [6.07, 6.45) is 0. The highest BCUT2D eigenvalue weighted by Gasteiger charge is 2.50. The van der Waals surface area contributed by atoms with E-state index >= 15 is 0 Å². The van der Waals surface area contributed by atoms with Crippen molar-refractivity contribution in [2.75, 3.05) is 51.1 Å². The van der Waals surface area contributed by atoms with Crippen LogP contribution < -0.4 is 0 Å². The van der Waals surface area contributed by atoms with Crippen LogP contribution in [0.5, 0.6) is 0 Å². The van der Waals surface area contributed by atoms with Crippen LogP contribution in [0.2, 0.25) is 11.1 Å². The van der Waals surface area contributed by atoms with Crippen LogP contribution >= 0.6 is 0 Å². The molecule has 10 heteroatoms. The Morgan fingerprint density at radius 2 is 0.786 bits per heavy atom. The Hall–Kier alpha value is 0.344. The zero-order chi connectivity index (χ0) is 21.6. The van der Waals surface area contributed by atoms with Gasteiger partial charge in [0.2, 0.25) is 0 Å². The van der Waals surface area contributed by atoms with Gasteiger partial charge in [0.05, 0.1) is 0 Å². The Kier molecular flexibility index (Phi) is 15.4. The van der Waals surface area contributed by atoms with E-state index in [0.717, 1.165) is 0 Å². The molecule has 0 spiro atoms. The third-order valence-corrected chi connectivity index (χ3v) is 13.5. The SMILES string of the molecule is CCO[Si](OCC)(OCC)C(C)CS(=O)CC(C)[Si](OCC)(OCC)OCC. The zero-order valence-electron chi connectivity index (χ0n) is 19.1. The molecule has 0 aliphatic heterocycles. The molecule has 0 saturated heterocycles. The van der Waals surface area contributed by atoms with Crippen LogP contribution in [0.1, 0.15) is 55.4 Å². The normalized spacial score (nSPS) is 16.1. The second-order valence-corrected chi connectivity index (χ2v) is 14.0. The lowest BCUT2D eigenvalue weighted by molar-refractivity contribution is 0.0644. The van der Waals surface area contributed by atoms with E-state index in [-0.39, 0.29) is 11.1 Å². The predicted octanol–water partition coefficient (Wildman–Crippen LogP) is 3.61. The molecule has 0 bridgehead atoms. The Bertz CT molecular complexity index is 359. The highest BCUT2D eigenvalue weighted by Crippen LogP contribution is 2.30. The summed E-state index contributed by atoms with van der Waals surface area (Å²) in [6.45, 7) is 18.6. The Balaban J connectivity index is 5.24. The number of rotatable bonds is 18. The molecule has 0 aromatic rings. The maximum Gasteiger partial charge on any atom is 0.504 e. The molecule has 0 amide bonds. The summed E-state index contributed by atoms with van der Waals surface area (Å²) in [7, 11) is -6.86. The van der Waals surface area contributed by atoms with Gasteiger partial charge in [-0.3, -0.25) is 4.21 Å². The van der Waals surface area contributed by atoms with Gasteiger partial charge in [-0.1, -0.05) is 13.8 Å². The van der Waals surface area contributed by atoms with Crippen LogP contribution in [-0.2, 0) is 37.4 Å². The monoisotopic (exact) mass is 458 g/mol. The average molecular weight is 459 g/mol. The molecule has 0 heterocycles. The van der Waals surface area contributed by atoms with Crippen molar-refractivity contribution in [3.05, 3.63) is 0 Å². The van der Waals surface area contributed by atoms with Crippen molar-refractivity contribution < 1.29 is 30.8 Å². The van der Waals surface area contributed by atoms with E-state index in [2.05, 4.69) is 0 Å². The molecule has 0 N–H and O–H groups in total. The standard InChI is InChI=1S/C18H42O7SSi2/c1-9-20-27(21-10-2,22-11-3)17(7)15-26(19)16-18(8)28(23-12-4,24-13-5)25-14-6/h17-18H,9-16H2,1-8H3. The lowest BCUT2D eigenvalue weighted by Crippen LogP contribution is -2.52. The van der Waals surface area contributed by atoms with Crippen LogP contribution in [0.25, 0.3) is 0 Å². The van der Waals surface area contributed by atoms with Crippen molar-refractivity contribution in [1.29, 1.82) is 0 Å². The molecular formula is C18H42O7SSi2. The average Bonchev–Trinajstić information content (AvgIpc) is 2.62.